The van der Waals surface area contributed by atoms with E-state index in [0.717, 1.165) is 31.5 Å². The van der Waals surface area contributed by atoms with Gasteiger partial charge in [0.25, 0.3) is 5.91 Å². The second-order valence-electron chi connectivity index (χ2n) is 5.76. The number of nitrogens with zero attached hydrogens (tertiary/aromatic N) is 2. The number of ether oxygens (including phenoxy) is 2. The van der Waals surface area contributed by atoms with Gasteiger partial charge >= 0.3 is 0 Å². The molecular weight excluding hydrogens is 280 g/mol. The number of benzene rings is 1. The minimum absolute atomic E-state index is 0.161. The normalized spacial score (nSPS) is 18.2. The Balaban J connectivity index is 1.78. The second kappa shape index (κ2) is 6.10. The molecule has 0 saturated carbocycles. The van der Waals surface area contributed by atoms with E-state index < -0.39 is 0 Å². The zero-order valence-electron chi connectivity index (χ0n) is 12.5. The molecule has 5 heteroatoms. The van der Waals surface area contributed by atoms with Gasteiger partial charge in [-0.25, -0.2) is 0 Å². The predicted molar refractivity (Wildman–Crippen MR) is 81.1 cm³/mol. The first-order valence-corrected chi connectivity index (χ1v) is 7.48. The number of likely N-dealkylation sites (tertiary alicyclic amines) is 1. The van der Waals surface area contributed by atoms with E-state index in [9.17, 15) is 10.1 Å². The minimum atomic E-state index is -0.188. The molecule has 2 aliphatic heterocycles. The topological polar surface area (TPSA) is 62.6 Å². The van der Waals surface area contributed by atoms with Crippen LogP contribution in [0.4, 0.5) is 0 Å². The van der Waals surface area contributed by atoms with E-state index in [1.807, 2.05) is 12.1 Å². The highest BCUT2D eigenvalue weighted by atomic mass is 16.7. The van der Waals surface area contributed by atoms with Crippen molar-refractivity contribution in [1.82, 2.24) is 4.90 Å². The molecular formula is C17H18N2O3. The quantitative estimate of drug-likeness (QED) is 0.622. The van der Waals surface area contributed by atoms with E-state index in [4.69, 9.17) is 9.47 Å². The monoisotopic (exact) mass is 298 g/mol. The third kappa shape index (κ3) is 2.91. The molecule has 3 rings (SSSR count). The number of hydrogen-bond acceptors (Lipinski definition) is 4. The van der Waals surface area contributed by atoms with Crippen LogP contribution in [-0.2, 0) is 4.79 Å². The minimum Gasteiger partial charge on any atom is -0.454 e. The molecule has 0 spiro atoms. The smallest absolute Gasteiger partial charge is 0.264 e. The first-order chi connectivity index (χ1) is 10.7. The van der Waals surface area contributed by atoms with Crippen LogP contribution in [0.25, 0.3) is 6.08 Å². The fourth-order valence-electron chi connectivity index (χ4n) is 2.69. The number of nitriles is 1. The molecule has 0 aliphatic carbocycles. The third-order valence-electron chi connectivity index (χ3n) is 4.13. The molecule has 0 bridgehead atoms. The van der Waals surface area contributed by atoms with Crippen molar-refractivity contribution in [1.29, 1.82) is 5.26 Å². The van der Waals surface area contributed by atoms with Crippen LogP contribution in [0.5, 0.6) is 11.5 Å². The third-order valence-corrected chi connectivity index (χ3v) is 4.13. The molecule has 0 aromatic heterocycles. The van der Waals surface area contributed by atoms with Gasteiger partial charge in [-0.3, -0.25) is 4.79 Å². The van der Waals surface area contributed by atoms with Gasteiger partial charge in [-0.1, -0.05) is 13.0 Å². The molecule has 1 aromatic rings. The van der Waals surface area contributed by atoms with Crippen molar-refractivity contribution < 1.29 is 14.3 Å². The van der Waals surface area contributed by atoms with E-state index in [-0.39, 0.29) is 18.3 Å². The summed E-state index contributed by atoms with van der Waals surface area (Å²) in [6.45, 7) is 3.84. The van der Waals surface area contributed by atoms with Crippen molar-refractivity contribution >= 4 is 12.0 Å². The van der Waals surface area contributed by atoms with Gasteiger partial charge in [-0.05, 0) is 42.5 Å². The van der Waals surface area contributed by atoms with Crippen LogP contribution in [0, 0.1) is 17.2 Å². The molecule has 1 saturated heterocycles. The lowest BCUT2D eigenvalue weighted by Crippen LogP contribution is -2.38. The zero-order chi connectivity index (χ0) is 15.5. The standard InChI is InChI=1S/C17H18N2O3/c1-12-4-6-19(7-5-12)17(20)14(10-18)8-13-2-3-15-16(9-13)22-11-21-15/h2-3,8-9,12H,4-7,11H2,1H3/b14-8-. The van der Waals surface area contributed by atoms with Gasteiger partial charge in [0.1, 0.15) is 11.6 Å². The molecule has 5 nitrogen and oxygen atoms in total. The van der Waals surface area contributed by atoms with Gasteiger partial charge in [0, 0.05) is 13.1 Å². The van der Waals surface area contributed by atoms with E-state index in [1.165, 1.54) is 0 Å². The van der Waals surface area contributed by atoms with E-state index >= 15 is 0 Å². The number of hydrogen-bond donors (Lipinski definition) is 0. The molecule has 0 radical (unpaired) electrons. The summed E-state index contributed by atoms with van der Waals surface area (Å²) in [5, 5.41) is 9.31. The summed E-state index contributed by atoms with van der Waals surface area (Å²) in [5.41, 5.74) is 0.924. The van der Waals surface area contributed by atoms with Crippen LogP contribution in [-0.4, -0.2) is 30.7 Å². The molecule has 1 fully saturated rings. The van der Waals surface area contributed by atoms with Crippen molar-refractivity contribution in [2.75, 3.05) is 19.9 Å². The molecule has 2 heterocycles. The summed E-state index contributed by atoms with van der Waals surface area (Å²) >= 11 is 0. The Bertz CT molecular complexity index is 652. The van der Waals surface area contributed by atoms with Crippen molar-refractivity contribution in [2.45, 2.75) is 19.8 Å². The summed E-state index contributed by atoms with van der Waals surface area (Å²) in [6.07, 6.45) is 3.60. The lowest BCUT2D eigenvalue weighted by molar-refractivity contribution is -0.127. The Kier molecular flexibility index (Phi) is 4.01. The molecule has 0 atom stereocenters. The number of amides is 1. The Morgan fingerprint density at radius 3 is 2.77 bits per heavy atom. The summed E-state index contributed by atoms with van der Waals surface area (Å²) < 4.78 is 10.6. The summed E-state index contributed by atoms with van der Waals surface area (Å²) in [4.78, 5) is 14.2. The van der Waals surface area contributed by atoms with E-state index in [1.54, 1.807) is 23.1 Å². The lowest BCUT2D eigenvalue weighted by atomic mass is 9.98. The first kappa shape index (κ1) is 14.5. The maximum atomic E-state index is 12.5. The zero-order valence-corrected chi connectivity index (χ0v) is 12.5. The maximum Gasteiger partial charge on any atom is 0.264 e. The number of carbonyl (C=O) groups is 1. The fraction of sp³-hybridized carbons (Fsp3) is 0.412. The van der Waals surface area contributed by atoms with Crippen LogP contribution in [0.1, 0.15) is 25.3 Å². The molecule has 2 aliphatic rings. The molecule has 0 N–H and O–H groups in total. The van der Waals surface area contributed by atoms with E-state index in [0.29, 0.717) is 17.4 Å². The largest absolute Gasteiger partial charge is 0.454 e. The maximum absolute atomic E-state index is 12.5. The number of piperidine rings is 1. The molecule has 0 unspecified atom stereocenters. The molecule has 114 valence electrons. The molecule has 1 aromatic carbocycles. The predicted octanol–water partition coefficient (Wildman–Crippen LogP) is 2.58. The Labute approximate surface area is 129 Å². The fourth-order valence-corrected chi connectivity index (χ4v) is 2.69. The number of rotatable bonds is 2. The number of carbonyl (C=O) groups excluding carboxylic acids is 1. The van der Waals surface area contributed by atoms with Crippen LogP contribution in [0.2, 0.25) is 0 Å². The number of fused-ring (bicyclic) bond motifs is 1. The van der Waals surface area contributed by atoms with Crippen LogP contribution in [0.3, 0.4) is 0 Å². The average Bonchev–Trinajstić information content (AvgIpc) is 3.00. The Hall–Kier alpha value is -2.48. The average molecular weight is 298 g/mol. The Morgan fingerprint density at radius 2 is 2.05 bits per heavy atom. The van der Waals surface area contributed by atoms with Crippen LogP contribution >= 0.6 is 0 Å². The highest BCUT2D eigenvalue weighted by molar-refractivity contribution is 6.01. The molecule has 1 amide bonds. The lowest BCUT2D eigenvalue weighted by Gasteiger charge is -2.30. The van der Waals surface area contributed by atoms with Gasteiger partial charge in [0.15, 0.2) is 11.5 Å². The van der Waals surface area contributed by atoms with Gasteiger partial charge in [-0.15, -0.1) is 0 Å². The SMILES string of the molecule is CC1CCN(C(=O)/C(C#N)=C\c2ccc3c(c2)OCO3)CC1. The Morgan fingerprint density at radius 1 is 1.32 bits per heavy atom. The van der Waals surface area contributed by atoms with Gasteiger partial charge < -0.3 is 14.4 Å². The summed E-state index contributed by atoms with van der Waals surface area (Å²) in [7, 11) is 0. The van der Waals surface area contributed by atoms with Gasteiger partial charge in [0.2, 0.25) is 6.79 Å². The van der Waals surface area contributed by atoms with Gasteiger partial charge in [0.05, 0.1) is 0 Å². The van der Waals surface area contributed by atoms with Crippen molar-refractivity contribution in [2.24, 2.45) is 5.92 Å². The highest BCUT2D eigenvalue weighted by Gasteiger charge is 2.23. The summed E-state index contributed by atoms with van der Waals surface area (Å²) in [6, 6.07) is 7.41. The molecule has 22 heavy (non-hydrogen) atoms. The van der Waals surface area contributed by atoms with E-state index in [2.05, 4.69) is 6.92 Å². The summed E-state index contributed by atoms with van der Waals surface area (Å²) in [5.74, 6) is 1.79. The van der Waals surface area contributed by atoms with Crippen molar-refractivity contribution in [3.63, 3.8) is 0 Å². The van der Waals surface area contributed by atoms with Gasteiger partial charge in [-0.2, -0.15) is 5.26 Å². The van der Waals surface area contributed by atoms with Crippen LogP contribution < -0.4 is 9.47 Å². The van der Waals surface area contributed by atoms with Crippen LogP contribution in [0.15, 0.2) is 23.8 Å². The van der Waals surface area contributed by atoms with Crippen molar-refractivity contribution in [3.05, 3.63) is 29.3 Å². The first-order valence-electron chi connectivity index (χ1n) is 7.48. The van der Waals surface area contributed by atoms with Crippen molar-refractivity contribution in [3.8, 4) is 17.6 Å². The highest BCUT2D eigenvalue weighted by Crippen LogP contribution is 2.33. The second-order valence-corrected chi connectivity index (χ2v) is 5.76.